The van der Waals surface area contributed by atoms with Gasteiger partial charge in [0.2, 0.25) is 11.8 Å². The molecule has 1 aliphatic rings. The number of carbonyl (C=O) groups is 3. The number of amides is 3. The van der Waals surface area contributed by atoms with Crippen LogP contribution in [0.25, 0.3) is 0 Å². The molecule has 2 N–H and O–H groups in total. The quantitative estimate of drug-likeness (QED) is 0.581. The molecule has 188 valence electrons. The highest BCUT2D eigenvalue weighted by atomic mass is 16.6. The number of rotatable bonds is 8. The van der Waals surface area contributed by atoms with Crippen molar-refractivity contribution in [2.24, 2.45) is 0 Å². The van der Waals surface area contributed by atoms with Crippen molar-refractivity contribution >= 4 is 17.9 Å². The highest BCUT2D eigenvalue weighted by Gasteiger charge is 2.43. The SMILES string of the molecule is Cc1cc(C)cc(C(C(=O)NCc2ccccc2)N(C(=O)C(C)NC(=O)OC(C)(C)C)C2CC2)c1. The van der Waals surface area contributed by atoms with Crippen LogP contribution < -0.4 is 10.6 Å². The first-order valence-corrected chi connectivity index (χ1v) is 12.2. The molecule has 0 spiro atoms. The Bertz CT molecular complexity index is 1040. The van der Waals surface area contributed by atoms with Gasteiger partial charge in [0, 0.05) is 12.6 Å². The summed E-state index contributed by atoms with van der Waals surface area (Å²) < 4.78 is 5.33. The van der Waals surface area contributed by atoms with Crippen molar-refractivity contribution in [3.63, 3.8) is 0 Å². The first-order chi connectivity index (χ1) is 16.4. The lowest BCUT2D eigenvalue weighted by atomic mass is 9.98. The first kappa shape index (κ1) is 26.3. The van der Waals surface area contributed by atoms with Crippen molar-refractivity contribution in [1.82, 2.24) is 15.5 Å². The number of hydrogen-bond donors (Lipinski definition) is 2. The third-order valence-corrected chi connectivity index (χ3v) is 5.69. The van der Waals surface area contributed by atoms with Gasteiger partial charge in [-0.25, -0.2) is 4.79 Å². The fourth-order valence-corrected chi connectivity index (χ4v) is 4.13. The molecular formula is C28H37N3O4. The molecule has 0 aromatic heterocycles. The summed E-state index contributed by atoms with van der Waals surface area (Å²) in [5, 5.41) is 5.66. The number of carbonyl (C=O) groups excluding carboxylic acids is 3. The van der Waals surface area contributed by atoms with E-state index in [0.29, 0.717) is 6.54 Å². The molecule has 35 heavy (non-hydrogen) atoms. The molecule has 7 heteroatoms. The summed E-state index contributed by atoms with van der Waals surface area (Å²) in [5.74, 6) is -0.555. The highest BCUT2D eigenvalue weighted by Crippen LogP contribution is 2.36. The molecule has 0 bridgehead atoms. The van der Waals surface area contributed by atoms with Crippen LogP contribution in [0.3, 0.4) is 0 Å². The average molecular weight is 480 g/mol. The van der Waals surface area contributed by atoms with Gasteiger partial charge in [0.15, 0.2) is 0 Å². The van der Waals surface area contributed by atoms with Crippen molar-refractivity contribution < 1.29 is 19.1 Å². The molecule has 7 nitrogen and oxygen atoms in total. The molecule has 1 aliphatic carbocycles. The minimum Gasteiger partial charge on any atom is -0.444 e. The lowest BCUT2D eigenvalue weighted by molar-refractivity contribution is -0.143. The van der Waals surface area contributed by atoms with Crippen LogP contribution >= 0.6 is 0 Å². The monoisotopic (exact) mass is 479 g/mol. The van der Waals surface area contributed by atoms with E-state index < -0.39 is 23.8 Å². The maximum atomic E-state index is 13.7. The Hall–Kier alpha value is -3.35. The van der Waals surface area contributed by atoms with Gasteiger partial charge in [0.05, 0.1) is 0 Å². The zero-order valence-corrected chi connectivity index (χ0v) is 21.6. The van der Waals surface area contributed by atoms with E-state index in [4.69, 9.17) is 4.74 Å². The van der Waals surface area contributed by atoms with E-state index in [1.54, 1.807) is 32.6 Å². The predicted molar refractivity (Wildman–Crippen MR) is 136 cm³/mol. The fourth-order valence-electron chi connectivity index (χ4n) is 4.13. The molecule has 0 aliphatic heterocycles. The van der Waals surface area contributed by atoms with Crippen LogP contribution in [0.1, 0.15) is 68.8 Å². The topological polar surface area (TPSA) is 87.7 Å². The molecule has 3 amide bonds. The van der Waals surface area contributed by atoms with Crippen molar-refractivity contribution in [1.29, 1.82) is 0 Å². The second kappa shape index (κ2) is 10.9. The molecule has 2 unspecified atom stereocenters. The largest absolute Gasteiger partial charge is 0.444 e. The molecule has 0 heterocycles. The molecule has 1 saturated carbocycles. The van der Waals surface area contributed by atoms with Gasteiger partial charge in [-0.15, -0.1) is 0 Å². The van der Waals surface area contributed by atoms with E-state index in [1.807, 2.05) is 62.4 Å². The molecule has 2 aromatic rings. The van der Waals surface area contributed by atoms with Crippen LogP contribution in [0.15, 0.2) is 48.5 Å². The summed E-state index contributed by atoms with van der Waals surface area (Å²) in [5.41, 5.74) is 3.09. The Morgan fingerprint density at radius 2 is 1.63 bits per heavy atom. The van der Waals surface area contributed by atoms with E-state index in [2.05, 4.69) is 10.6 Å². The molecule has 0 radical (unpaired) electrons. The number of benzene rings is 2. The summed E-state index contributed by atoms with van der Waals surface area (Å²) in [6.07, 6.45) is 0.974. The second-order valence-electron chi connectivity index (χ2n) is 10.4. The number of nitrogens with zero attached hydrogens (tertiary/aromatic N) is 1. The molecule has 1 fully saturated rings. The van der Waals surface area contributed by atoms with Gasteiger partial charge in [-0.05, 0) is 65.5 Å². The Balaban J connectivity index is 1.88. The summed E-state index contributed by atoms with van der Waals surface area (Å²) in [6, 6.07) is 13.9. The molecule has 2 aromatic carbocycles. The Morgan fingerprint density at radius 1 is 1.03 bits per heavy atom. The number of ether oxygens (including phenoxy) is 1. The maximum Gasteiger partial charge on any atom is 0.408 e. The van der Waals surface area contributed by atoms with Gasteiger partial charge in [-0.1, -0.05) is 59.7 Å². The van der Waals surface area contributed by atoms with E-state index in [-0.39, 0.29) is 17.9 Å². The van der Waals surface area contributed by atoms with Crippen LogP contribution in [0.2, 0.25) is 0 Å². The third kappa shape index (κ3) is 7.57. The average Bonchev–Trinajstić information content (AvgIpc) is 3.59. The number of nitrogens with one attached hydrogen (secondary N) is 2. The van der Waals surface area contributed by atoms with Gasteiger partial charge in [-0.3, -0.25) is 9.59 Å². The van der Waals surface area contributed by atoms with Crippen LogP contribution in [0, 0.1) is 13.8 Å². The van der Waals surface area contributed by atoms with Crippen molar-refractivity contribution in [2.45, 2.75) is 84.7 Å². The van der Waals surface area contributed by atoms with Crippen molar-refractivity contribution in [3.05, 3.63) is 70.8 Å². The van der Waals surface area contributed by atoms with Gasteiger partial charge in [0.25, 0.3) is 0 Å². The number of aryl methyl sites for hydroxylation is 2. The standard InChI is InChI=1S/C28H37N3O4/c1-18-14-19(2)16-22(15-18)24(25(32)29-17-21-10-8-7-9-11-21)31(23-12-13-23)26(33)20(3)30-27(34)35-28(4,5)6/h7-11,14-16,20,23-24H,12-13,17H2,1-6H3,(H,29,32)(H,30,34). The second-order valence-corrected chi connectivity index (χ2v) is 10.4. The zero-order chi connectivity index (χ0) is 25.8. The van der Waals surface area contributed by atoms with Crippen LogP contribution in [-0.2, 0) is 20.9 Å². The Labute approximate surface area is 208 Å². The van der Waals surface area contributed by atoms with Gasteiger partial charge < -0.3 is 20.3 Å². The minimum atomic E-state index is -0.847. The predicted octanol–water partition coefficient (Wildman–Crippen LogP) is 4.57. The Kier molecular flexibility index (Phi) is 8.20. The van der Waals surface area contributed by atoms with Gasteiger partial charge >= 0.3 is 6.09 Å². The zero-order valence-electron chi connectivity index (χ0n) is 21.6. The lowest BCUT2D eigenvalue weighted by Gasteiger charge is -2.34. The summed E-state index contributed by atoms with van der Waals surface area (Å²) in [4.78, 5) is 41.3. The first-order valence-electron chi connectivity index (χ1n) is 12.2. The summed E-state index contributed by atoms with van der Waals surface area (Å²) >= 11 is 0. The van der Waals surface area contributed by atoms with E-state index in [1.165, 1.54) is 0 Å². The molecule has 3 rings (SSSR count). The highest BCUT2D eigenvalue weighted by molar-refractivity contribution is 5.92. The van der Waals surface area contributed by atoms with Crippen LogP contribution in [-0.4, -0.2) is 40.5 Å². The Morgan fingerprint density at radius 3 is 2.17 bits per heavy atom. The van der Waals surface area contributed by atoms with E-state index >= 15 is 0 Å². The van der Waals surface area contributed by atoms with E-state index in [9.17, 15) is 14.4 Å². The number of hydrogen-bond acceptors (Lipinski definition) is 4. The van der Waals surface area contributed by atoms with Gasteiger partial charge in [0.1, 0.15) is 17.7 Å². The summed E-state index contributed by atoms with van der Waals surface area (Å²) in [7, 11) is 0. The number of alkyl carbamates (subject to hydrolysis) is 1. The van der Waals surface area contributed by atoms with Gasteiger partial charge in [-0.2, -0.15) is 0 Å². The third-order valence-electron chi connectivity index (χ3n) is 5.69. The smallest absolute Gasteiger partial charge is 0.408 e. The van der Waals surface area contributed by atoms with E-state index in [0.717, 1.165) is 35.1 Å². The fraction of sp³-hybridized carbons (Fsp3) is 0.464. The van der Waals surface area contributed by atoms with Crippen molar-refractivity contribution in [3.8, 4) is 0 Å². The summed E-state index contributed by atoms with van der Waals surface area (Å²) in [6.45, 7) is 11.2. The lowest BCUT2D eigenvalue weighted by Crippen LogP contribution is -2.52. The molecule has 2 atom stereocenters. The van der Waals surface area contributed by atoms with Crippen molar-refractivity contribution in [2.75, 3.05) is 0 Å². The minimum absolute atomic E-state index is 0.0568. The molecular weight excluding hydrogens is 442 g/mol. The van der Waals surface area contributed by atoms with Crippen LogP contribution in [0.5, 0.6) is 0 Å². The normalized spacial score (nSPS) is 15.0. The van der Waals surface area contributed by atoms with Crippen LogP contribution in [0.4, 0.5) is 4.79 Å². The maximum absolute atomic E-state index is 13.7. The molecule has 0 saturated heterocycles.